The van der Waals surface area contributed by atoms with Gasteiger partial charge in [-0.25, -0.2) is 0 Å². The fourth-order valence-electron chi connectivity index (χ4n) is 6.70. The van der Waals surface area contributed by atoms with Crippen molar-refractivity contribution in [2.45, 2.75) is 226 Å². The Bertz CT molecular complexity index is 1420. The standard InChI is InChI=1S/C60H96O6/c1-4-7-10-13-16-19-22-24-25-26-27-28-29-30-31-32-33-34-35-37-38-41-44-47-50-53-59(62)65-56-57(55-64-58(61)52-49-46-43-40-21-18-15-12-9-6-3)66-60(63)54-51-48-45-42-39-36-23-20-17-14-11-8-5-2/h7,10-12,14-16,19-20,23-25,27-28,30-31,33-34,37-38,57H,4-6,8-9,13,17-18,21-22,26,29,32,35-36,39-56H2,1-3H3/b10-7-,14-11-,15-12-,19-16-,23-20-,25-24-,28-27-,31-30-,34-33-,38-37-. The minimum Gasteiger partial charge on any atom is -0.462 e. The molecule has 1 atom stereocenters. The second-order valence-electron chi connectivity index (χ2n) is 17.0. The van der Waals surface area contributed by atoms with E-state index in [0.717, 1.165) is 161 Å². The van der Waals surface area contributed by atoms with Crippen LogP contribution in [0.25, 0.3) is 0 Å². The largest absolute Gasteiger partial charge is 0.462 e. The van der Waals surface area contributed by atoms with Crippen LogP contribution in [0.4, 0.5) is 0 Å². The molecule has 0 amide bonds. The fourth-order valence-corrected chi connectivity index (χ4v) is 6.70. The summed E-state index contributed by atoms with van der Waals surface area (Å²) < 4.78 is 16.7. The molecular weight excluding hydrogens is 817 g/mol. The van der Waals surface area contributed by atoms with Gasteiger partial charge in [-0.1, -0.05) is 200 Å². The minimum atomic E-state index is -0.805. The fraction of sp³-hybridized carbons (Fsp3) is 0.617. The number of esters is 3. The lowest BCUT2D eigenvalue weighted by Gasteiger charge is -2.18. The van der Waals surface area contributed by atoms with E-state index in [9.17, 15) is 14.4 Å². The first-order valence-electron chi connectivity index (χ1n) is 26.5. The SMILES string of the molecule is CC/C=C\C/C=C\C/C=C\C/C=C\C/C=C\C/C=C\C/C=C\CCCCCC(=O)OCC(COC(=O)CCCCCCC/C=C\CCC)OC(=O)CCCCCCC/C=C\C/C=C\CCC. The van der Waals surface area contributed by atoms with E-state index in [-0.39, 0.29) is 31.1 Å². The van der Waals surface area contributed by atoms with Gasteiger partial charge in [0.15, 0.2) is 6.10 Å². The van der Waals surface area contributed by atoms with Crippen molar-refractivity contribution in [3.63, 3.8) is 0 Å². The molecule has 0 saturated carbocycles. The van der Waals surface area contributed by atoms with E-state index in [2.05, 4.69) is 142 Å². The second-order valence-corrected chi connectivity index (χ2v) is 17.0. The number of allylic oxidation sites excluding steroid dienone is 20. The minimum absolute atomic E-state index is 0.102. The second kappa shape index (κ2) is 53.4. The highest BCUT2D eigenvalue weighted by Gasteiger charge is 2.19. The van der Waals surface area contributed by atoms with Crippen molar-refractivity contribution in [1.82, 2.24) is 0 Å². The van der Waals surface area contributed by atoms with Crippen LogP contribution in [-0.2, 0) is 28.6 Å². The van der Waals surface area contributed by atoms with Crippen molar-refractivity contribution in [2.75, 3.05) is 13.2 Å². The van der Waals surface area contributed by atoms with E-state index in [1.165, 1.54) is 19.3 Å². The normalized spacial score (nSPS) is 13.1. The highest BCUT2D eigenvalue weighted by Crippen LogP contribution is 2.13. The molecule has 0 aliphatic carbocycles. The molecule has 6 nitrogen and oxygen atoms in total. The Kier molecular flexibility index (Phi) is 50.0. The molecule has 0 heterocycles. The number of hydrogen-bond donors (Lipinski definition) is 0. The van der Waals surface area contributed by atoms with Gasteiger partial charge in [-0.15, -0.1) is 0 Å². The number of carbonyl (C=O) groups excluding carboxylic acids is 3. The lowest BCUT2D eigenvalue weighted by atomic mass is 10.1. The molecule has 372 valence electrons. The number of carbonyl (C=O) groups is 3. The molecule has 66 heavy (non-hydrogen) atoms. The quantitative estimate of drug-likeness (QED) is 0.0262. The zero-order valence-corrected chi connectivity index (χ0v) is 42.4. The molecule has 0 aromatic carbocycles. The molecular formula is C60H96O6. The van der Waals surface area contributed by atoms with Crippen LogP contribution in [0.15, 0.2) is 122 Å². The Hall–Kier alpha value is -4.19. The highest BCUT2D eigenvalue weighted by molar-refractivity contribution is 5.71. The van der Waals surface area contributed by atoms with Gasteiger partial charge < -0.3 is 14.2 Å². The van der Waals surface area contributed by atoms with Crippen molar-refractivity contribution in [3.05, 3.63) is 122 Å². The Labute approximate surface area is 405 Å². The van der Waals surface area contributed by atoms with Crippen LogP contribution < -0.4 is 0 Å². The molecule has 0 spiro atoms. The molecule has 0 bridgehead atoms. The molecule has 0 radical (unpaired) electrons. The molecule has 0 N–H and O–H groups in total. The van der Waals surface area contributed by atoms with Gasteiger partial charge in [0.1, 0.15) is 13.2 Å². The summed E-state index contributed by atoms with van der Waals surface area (Å²) in [6.45, 7) is 6.33. The van der Waals surface area contributed by atoms with Crippen LogP contribution in [0.5, 0.6) is 0 Å². The molecule has 0 aliphatic rings. The summed E-state index contributed by atoms with van der Waals surface area (Å²) in [5, 5.41) is 0. The molecule has 6 heteroatoms. The van der Waals surface area contributed by atoms with Crippen LogP contribution in [0.2, 0.25) is 0 Å². The van der Waals surface area contributed by atoms with E-state index in [4.69, 9.17) is 14.2 Å². The van der Waals surface area contributed by atoms with Gasteiger partial charge in [0.05, 0.1) is 0 Å². The topological polar surface area (TPSA) is 78.9 Å². The summed E-state index contributed by atoms with van der Waals surface area (Å²) in [5.41, 5.74) is 0. The number of rotatable bonds is 46. The van der Waals surface area contributed by atoms with Crippen LogP contribution in [0.3, 0.4) is 0 Å². The predicted molar refractivity (Wildman–Crippen MR) is 283 cm³/mol. The van der Waals surface area contributed by atoms with Crippen LogP contribution in [-0.4, -0.2) is 37.2 Å². The number of hydrogen-bond acceptors (Lipinski definition) is 6. The lowest BCUT2D eigenvalue weighted by Crippen LogP contribution is -2.30. The predicted octanol–water partition coefficient (Wildman–Crippen LogP) is 17.7. The Morgan fingerprint density at radius 3 is 0.970 bits per heavy atom. The molecule has 0 saturated heterocycles. The zero-order valence-electron chi connectivity index (χ0n) is 42.4. The van der Waals surface area contributed by atoms with Gasteiger partial charge in [-0.2, -0.15) is 0 Å². The van der Waals surface area contributed by atoms with Crippen molar-refractivity contribution >= 4 is 17.9 Å². The first-order valence-corrected chi connectivity index (χ1v) is 26.5. The smallest absolute Gasteiger partial charge is 0.306 e. The highest BCUT2D eigenvalue weighted by atomic mass is 16.6. The van der Waals surface area contributed by atoms with E-state index in [1.54, 1.807) is 0 Å². The summed E-state index contributed by atoms with van der Waals surface area (Å²) in [4.78, 5) is 37.9. The molecule has 0 fully saturated rings. The molecule has 0 aromatic rings. The van der Waals surface area contributed by atoms with Crippen molar-refractivity contribution in [1.29, 1.82) is 0 Å². The van der Waals surface area contributed by atoms with Gasteiger partial charge in [-0.05, 0) is 122 Å². The maximum Gasteiger partial charge on any atom is 0.306 e. The molecule has 0 rings (SSSR count). The average Bonchev–Trinajstić information content (AvgIpc) is 3.31. The van der Waals surface area contributed by atoms with Crippen LogP contribution in [0, 0.1) is 0 Å². The average molecular weight is 913 g/mol. The lowest BCUT2D eigenvalue weighted by molar-refractivity contribution is -0.167. The Morgan fingerprint density at radius 1 is 0.318 bits per heavy atom. The van der Waals surface area contributed by atoms with Crippen LogP contribution >= 0.6 is 0 Å². The number of unbranched alkanes of at least 4 members (excludes halogenated alkanes) is 15. The Morgan fingerprint density at radius 2 is 0.591 bits per heavy atom. The first-order chi connectivity index (χ1) is 32.5. The molecule has 0 aromatic heterocycles. The van der Waals surface area contributed by atoms with E-state index in [1.807, 2.05) is 0 Å². The maximum absolute atomic E-state index is 12.8. The summed E-state index contributed by atoms with van der Waals surface area (Å²) in [6, 6.07) is 0. The Balaban J connectivity index is 4.39. The number of ether oxygens (including phenoxy) is 3. The third kappa shape index (κ3) is 50.8. The van der Waals surface area contributed by atoms with Gasteiger partial charge in [0.2, 0.25) is 0 Å². The molecule has 0 aliphatic heterocycles. The van der Waals surface area contributed by atoms with Gasteiger partial charge in [0, 0.05) is 19.3 Å². The van der Waals surface area contributed by atoms with Gasteiger partial charge in [0.25, 0.3) is 0 Å². The third-order valence-corrected chi connectivity index (χ3v) is 10.6. The van der Waals surface area contributed by atoms with Crippen molar-refractivity contribution in [2.24, 2.45) is 0 Å². The summed E-state index contributed by atoms with van der Waals surface area (Å²) in [6.07, 6.45) is 73.3. The van der Waals surface area contributed by atoms with Gasteiger partial charge in [-0.3, -0.25) is 14.4 Å². The third-order valence-electron chi connectivity index (χ3n) is 10.6. The monoisotopic (exact) mass is 913 g/mol. The summed E-state index contributed by atoms with van der Waals surface area (Å²) in [5.74, 6) is -0.970. The van der Waals surface area contributed by atoms with Crippen LogP contribution in [0.1, 0.15) is 220 Å². The van der Waals surface area contributed by atoms with E-state index in [0.29, 0.717) is 19.3 Å². The van der Waals surface area contributed by atoms with Gasteiger partial charge >= 0.3 is 17.9 Å². The first kappa shape index (κ1) is 61.8. The molecule has 1 unspecified atom stereocenters. The summed E-state index contributed by atoms with van der Waals surface area (Å²) >= 11 is 0. The van der Waals surface area contributed by atoms with Crippen molar-refractivity contribution < 1.29 is 28.6 Å². The summed E-state index contributed by atoms with van der Waals surface area (Å²) in [7, 11) is 0. The maximum atomic E-state index is 12.8. The van der Waals surface area contributed by atoms with Crippen molar-refractivity contribution in [3.8, 4) is 0 Å². The van der Waals surface area contributed by atoms with E-state index >= 15 is 0 Å². The van der Waals surface area contributed by atoms with E-state index < -0.39 is 6.10 Å². The zero-order chi connectivity index (χ0) is 47.9.